The third-order valence-corrected chi connectivity index (χ3v) is 3.84. The summed E-state index contributed by atoms with van der Waals surface area (Å²) in [6, 6.07) is 8.06. The Hall–Kier alpha value is -0.610. The molecule has 4 heteroatoms. The topological polar surface area (TPSA) is 49.5 Å². The highest BCUT2D eigenvalue weighted by atomic mass is 35.5. The Balaban J connectivity index is 1.98. The number of hydrogen-bond acceptors (Lipinski definition) is 3. The summed E-state index contributed by atoms with van der Waals surface area (Å²) < 4.78 is 0. The number of hydrogen-bond donors (Lipinski definition) is 2. The molecule has 2 rings (SSSR count). The van der Waals surface area contributed by atoms with Crippen LogP contribution < -0.4 is 5.73 Å². The number of nitrogens with zero attached hydrogens (tertiary/aromatic N) is 1. The first kappa shape index (κ1) is 13.8. The molecule has 0 bridgehead atoms. The smallest absolute Gasteiger partial charge is 0.0553 e. The minimum Gasteiger partial charge on any atom is -0.393 e. The Morgan fingerprint density at radius 3 is 2.67 bits per heavy atom. The van der Waals surface area contributed by atoms with Gasteiger partial charge in [-0.05, 0) is 37.0 Å². The van der Waals surface area contributed by atoms with Crippen molar-refractivity contribution in [3.8, 4) is 0 Å². The van der Waals surface area contributed by atoms with Crippen molar-refractivity contribution in [2.45, 2.75) is 32.0 Å². The molecule has 1 heterocycles. The van der Waals surface area contributed by atoms with Gasteiger partial charge in [-0.25, -0.2) is 0 Å². The SMILES string of the molecule is CC(O)C1CC(N)CN(Cc2ccc(Cl)cc2)C1. The van der Waals surface area contributed by atoms with Crippen molar-refractivity contribution in [1.29, 1.82) is 0 Å². The molecule has 1 aromatic rings. The average Bonchev–Trinajstić information content (AvgIpc) is 2.31. The van der Waals surface area contributed by atoms with Gasteiger partial charge in [-0.2, -0.15) is 0 Å². The number of piperidine rings is 1. The predicted octanol–water partition coefficient (Wildman–Crippen LogP) is 1.87. The Labute approximate surface area is 114 Å². The lowest BCUT2D eigenvalue weighted by atomic mass is 9.90. The third-order valence-electron chi connectivity index (χ3n) is 3.59. The standard InChI is InChI=1S/C14H21ClN2O/c1-10(18)12-6-14(16)9-17(8-12)7-11-2-4-13(15)5-3-11/h2-5,10,12,14,18H,6-9,16H2,1H3. The Morgan fingerprint density at radius 2 is 2.06 bits per heavy atom. The zero-order chi connectivity index (χ0) is 13.1. The van der Waals surface area contributed by atoms with Crippen molar-refractivity contribution in [2.75, 3.05) is 13.1 Å². The summed E-state index contributed by atoms with van der Waals surface area (Å²) in [6.45, 7) is 4.52. The second-order valence-electron chi connectivity index (χ2n) is 5.32. The molecule has 0 aromatic heterocycles. The first-order chi connectivity index (χ1) is 8.54. The van der Waals surface area contributed by atoms with E-state index in [1.165, 1.54) is 5.56 Å². The minimum atomic E-state index is -0.288. The van der Waals surface area contributed by atoms with E-state index < -0.39 is 0 Å². The highest BCUT2D eigenvalue weighted by Gasteiger charge is 2.27. The minimum absolute atomic E-state index is 0.158. The molecule has 1 aliphatic rings. The summed E-state index contributed by atoms with van der Waals surface area (Å²) in [4.78, 5) is 2.31. The summed E-state index contributed by atoms with van der Waals surface area (Å²) in [7, 11) is 0. The van der Waals surface area contributed by atoms with E-state index in [4.69, 9.17) is 17.3 Å². The van der Waals surface area contributed by atoms with Crippen LogP contribution >= 0.6 is 11.6 Å². The molecule has 0 amide bonds. The average molecular weight is 269 g/mol. The molecule has 3 unspecified atom stereocenters. The summed E-state index contributed by atoms with van der Waals surface area (Å²) in [5.74, 6) is 0.279. The summed E-state index contributed by atoms with van der Waals surface area (Å²) >= 11 is 5.88. The third kappa shape index (κ3) is 3.69. The van der Waals surface area contributed by atoms with Crippen molar-refractivity contribution < 1.29 is 5.11 Å². The molecular weight excluding hydrogens is 248 g/mol. The van der Waals surface area contributed by atoms with Gasteiger partial charge < -0.3 is 10.8 Å². The van der Waals surface area contributed by atoms with E-state index in [0.717, 1.165) is 31.1 Å². The number of nitrogens with two attached hydrogens (primary N) is 1. The largest absolute Gasteiger partial charge is 0.393 e. The van der Waals surface area contributed by atoms with Gasteiger partial charge in [0, 0.05) is 30.7 Å². The van der Waals surface area contributed by atoms with Crippen LogP contribution in [0.25, 0.3) is 0 Å². The highest BCUT2D eigenvalue weighted by Crippen LogP contribution is 2.21. The maximum atomic E-state index is 9.72. The quantitative estimate of drug-likeness (QED) is 0.880. The monoisotopic (exact) mass is 268 g/mol. The molecule has 1 fully saturated rings. The van der Waals surface area contributed by atoms with Gasteiger partial charge >= 0.3 is 0 Å². The Kier molecular flexibility index (Phi) is 4.62. The predicted molar refractivity (Wildman–Crippen MR) is 74.5 cm³/mol. The molecule has 0 radical (unpaired) electrons. The van der Waals surface area contributed by atoms with Crippen LogP contribution in [0.5, 0.6) is 0 Å². The van der Waals surface area contributed by atoms with Gasteiger partial charge in [0.15, 0.2) is 0 Å². The molecule has 3 nitrogen and oxygen atoms in total. The fraction of sp³-hybridized carbons (Fsp3) is 0.571. The van der Waals surface area contributed by atoms with E-state index in [-0.39, 0.29) is 18.1 Å². The van der Waals surface area contributed by atoms with Crippen molar-refractivity contribution >= 4 is 11.6 Å². The van der Waals surface area contributed by atoms with Crippen LogP contribution in [0, 0.1) is 5.92 Å². The maximum Gasteiger partial charge on any atom is 0.0553 e. The van der Waals surface area contributed by atoms with Gasteiger partial charge in [0.05, 0.1) is 6.10 Å². The van der Waals surface area contributed by atoms with Crippen LogP contribution in [0.4, 0.5) is 0 Å². The van der Waals surface area contributed by atoms with Crippen molar-refractivity contribution in [3.63, 3.8) is 0 Å². The Morgan fingerprint density at radius 1 is 1.39 bits per heavy atom. The van der Waals surface area contributed by atoms with E-state index in [0.29, 0.717) is 0 Å². The van der Waals surface area contributed by atoms with Gasteiger partial charge in [0.1, 0.15) is 0 Å². The van der Waals surface area contributed by atoms with Crippen LogP contribution in [-0.4, -0.2) is 35.2 Å². The number of likely N-dealkylation sites (tertiary alicyclic amines) is 1. The second kappa shape index (κ2) is 6.02. The fourth-order valence-electron chi connectivity index (χ4n) is 2.60. The number of rotatable bonds is 3. The summed E-state index contributed by atoms with van der Waals surface area (Å²) in [6.07, 6.45) is 0.624. The van der Waals surface area contributed by atoms with E-state index in [9.17, 15) is 5.11 Å². The molecule has 1 aliphatic heterocycles. The lowest BCUT2D eigenvalue weighted by Gasteiger charge is -2.37. The molecule has 3 atom stereocenters. The fourth-order valence-corrected chi connectivity index (χ4v) is 2.73. The Bertz CT molecular complexity index is 380. The molecule has 0 aliphatic carbocycles. The van der Waals surface area contributed by atoms with Gasteiger partial charge in [0.25, 0.3) is 0 Å². The van der Waals surface area contributed by atoms with Crippen LogP contribution in [0.3, 0.4) is 0 Å². The lowest BCUT2D eigenvalue weighted by molar-refractivity contribution is 0.0516. The first-order valence-corrected chi connectivity index (χ1v) is 6.83. The van der Waals surface area contributed by atoms with Crippen molar-refractivity contribution in [1.82, 2.24) is 4.90 Å². The molecule has 1 aromatic carbocycles. The summed E-state index contributed by atoms with van der Waals surface area (Å²) in [5.41, 5.74) is 7.29. The van der Waals surface area contributed by atoms with E-state index in [1.54, 1.807) is 0 Å². The number of halogens is 1. The van der Waals surface area contributed by atoms with Gasteiger partial charge in [-0.15, -0.1) is 0 Å². The lowest BCUT2D eigenvalue weighted by Crippen LogP contribution is -2.49. The van der Waals surface area contributed by atoms with Crippen molar-refractivity contribution in [3.05, 3.63) is 34.9 Å². The molecule has 0 saturated carbocycles. The maximum absolute atomic E-state index is 9.72. The van der Waals surface area contributed by atoms with E-state index in [2.05, 4.69) is 4.90 Å². The normalized spacial score (nSPS) is 27.1. The van der Waals surface area contributed by atoms with Crippen LogP contribution in [-0.2, 0) is 6.54 Å². The van der Waals surface area contributed by atoms with Crippen LogP contribution in [0.15, 0.2) is 24.3 Å². The molecule has 100 valence electrons. The zero-order valence-electron chi connectivity index (χ0n) is 10.7. The number of benzene rings is 1. The molecule has 18 heavy (non-hydrogen) atoms. The summed E-state index contributed by atoms with van der Waals surface area (Å²) in [5, 5.41) is 10.5. The highest BCUT2D eigenvalue weighted by molar-refractivity contribution is 6.30. The van der Waals surface area contributed by atoms with Crippen LogP contribution in [0.2, 0.25) is 5.02 Å². The first-order valence-electron chi connectivity index (χ1n) is 6.45. The molecule has 3 N–H and O–H groups in total. The molecular formula is C14H21ClN2O. The molecule has 1 saturated heterocycles. The second-order valence-corrected chi connectivity index (χ2v) is 5.75. The van der Waals surface area contributed by atoms with Gasteiger partial charge in [0.2, 0.25) is 0 Å². The van der Waals surface area contributed by atoms with E-state index in [1.807, 2.05) is 31.2 Å². The van der Waals surface area contributed by atoms with E-state index >= 15 is 0 Å². The van der Waals surface area contributed by atoms with Gasteiger partial charge in [-0.3, -0.25) is 4.90 Å². The zero-order valence-corrected chi connectivity index (χ0v) is 11.5. The van der Waals surface area contributed by atoms with Crippen LogP contribution in [0.1, 0.15) is 18.9 Å². The van der Waals surface area contributed by atoms with Crippen molar-refractivity contribution in [2.24, 2.45) is 11.7 Å². The van der Waals surface area contributed by atoms with Gasteiger partial charge in [-0.1, -0.05) is 23.7 Å². The number of aliphatic hydroxyl groups is 1. The molecule has 0 spiro atoms. The number of aliphatic hydroxyl groups excluding tert-OH is 1.